The quantitative estimate of drug-likeness (QED) is 0.217. The molecule has 0 aliphatic carbocycles. The Morgan fingerprint density at radius 3 is 2.56 bits per heavy atom. The topological polar surface area (TPSA) is 140 Å². The molecule has 1 aliphatic heterocycles. The van der Waals surface area contributed by atoms with Crippen LogP contribution >= 0.6 is 0 Å². The van der Waals surface area contributed by atoms with Crippen molar-refractivity contribution in [3.05, 3.63) is 95.8 Å². The van der Waals surface area contributed by atoms with Crippen molar-refractivity contribution in [3.63, 3.8) is 0 Å². The van der Waals surface area contributed by atoms with Gasteiger partial charge in [-0.05, 0) is 49.2 Å². The van der Waals surface area contributed by atoms with Gasteiger partial charge < -0.3 is 29.6 Å². The van der Waals surface area contributed by atoms with Crippen molar-refractivity contribution in [3.8, 4) is 23.0 Å². The lowest BCUT2D eigenvalue weighted by atomic mass is 9.95. The predicted octanol–water partition coefficient (Wildman–Crippen LogP) is 5.39. The summed E-state index contributed by atoms with van der Waals surface area (Å²) >= 11 is 0. The van der Waals surface area contributed by atoms with Crippen LogP contribution in [0.25, 0.3) is 23.0 Å². The summed E-state index contributed by atoms with van der Waals surface area (Å²) in [6, 6.07) is 20.5. The lowest BCUT2D eigenvalue weighted by molar-refractivity contribution is -0.175. The van der Waals surface area contributed by atoms with Crippen molar-refractivity contribution in [2.24, 2.45) is 0 Å². The van der Waals surface area contributed by atoms with E-state index in [1.165, 1.54) is 0 Å². The van der Waals surface area contributed by atoms with Gasteiger partial charge in [-0.15, -0.1) is 10.2 Å². The summed E-state index contributed by atoms with van der Waals surface area (Å²) in [5.41, 5.74) is 4.19. The van der Waals surface area contributed by atoms with Gasteiger partial charge in [0.15, 0.2) is 6.29 Å². The van der Waals surface area contributed by atoms with Gasteiger partial charge in [0.2, 0.25) is 5.95 Å². The summed E-state index contributed by atoms with van der Waals surface area (Å²) in [6.07, 6.45) is 2.84. The lowest BCUT2D eigenvalue weighted by Crippen LogP contribution is -2.17. The number of anilines is 3. The highest BCUT2D eigenvalue weighted by molar-refractivity contribution is 5.71. The van der Waals surface area contributed by atoms with Gasteiger partial charge in [-0.3, -0.25) is 4.98 Å². The van der Waals surface area contributed by atoms with Crippen molar-refractivity contribution in [1.29, 1.82) is 0 Å². The average Bonchev–Trinajstić information content (AvgIpc) is 3.59. The maximum atomic E-state index is 10.2. The van der Waals surface area contributed by atoms with Gasteiger partial charge in [0.25, 0.3) is 11.8 Å². The Bertz CT molecular complexity index is 1640. The number of methoxy groups -OCH3 is 1. The second kappa shape index (κ2) is 11.0. The molecule has 0 fully saturated rings. The first-order chi connectivity index (χ1) is 19.9. The largest absolute Gasteiger partial charge is 0.414 e. The van der Waals surface area contributed by atoms with Gasteiger partial charge in [0.1, 0.15) is 11.5 Å². The molecule has 11 nitrogen and oxygen atoms in total. The molecule has 208 valence electrons. The number of aromatic nitrogens is 5. The zero-order chi connectivity index (χ0) is 28.4. The fraction of sp³-hybridized carbons (Fsp3) is 0.233. The molecular formula is C30H29N7O4. The molecule has 4 heterocycles. The summed E-state index contributed by atoms with van der Waals surface area (Å²) in [7, 11) is 1.63. The summed E-state index contributed by atoms with van der Waals surface area (Å²) in [4.78, 5) is 13.6. The minimum atomic E-state index is -0.515. The van der Waals surface area contributed by atoms with E-state index in [1.54, 1.807) is 25.6 Å². The number of ether oxygens (including phenoxy) is 2. The van der Waals surface area contributed by atoms with Crippen LogP contribution in [0.1, 0.15) is 42.9 Å². The Kier molecular flexibility index (Phi) is 7.14. The van der Waals surface area contributed by atoms with Gasteiger partial charge in [0.05, 0.1) is 23.8 Å². The summed E-state index contributed by atoms with van der Waals surface area (Å²) < 4.78 is 17.5. The molecule has 0 saturated carbocycles. The predicted molar refractivity (Wildman–Crippen MR) is 152 cm³/mol. The van der Waals surface area contributed by atoms with Gasteiger partial charge in [-0.2, -0.15) is 4.98 Å². The van der Waals surface area contributed by atoms with Crippen LogP contribution in [-0.4, -0.2) is 44.0 Å². The van der Waals surface area contributed by atoms with E-state index >= 15 is 0 Å². The molecule has 0 radical (unpaired) electrons. The maximum absolute atomic E-state index is 10.2. The first-order valence-corrected chi connectivity index (χ1v) is 13.1. The molecule has 3 aromatic heterocycles. The number of aliphatic hydroxyl groups excluding tert-OH is 1. The summed E-state index contributed by atoms with van der Waals surface area (Å²) in [5.74, 6) is 1.23. The Morgan fingerprint density at radius 2 is 1.80 bits per heavy atom. The fourth-order valence-electron chi connectivity index (χ4n) is 4.78. The number of nitrogens with zero attached hydrogens (tertiary/aromatic N) is 5. The Hall–Kier alpha value is -4.71. The molecule has 41 heavy (non-hydrogen) atoms. The van der Waals surface area contributed by atoms with E-state index in [4.69, 9.17) is 18.9 Å². The zero-order valence-corrected chi connectivity index (χ0v) is 22.8. The van der Waals surface area contributed by atoms with Crippen molar-refractivity contribution < 1.29 is 19.0 Å². The zero-order valence-electron chi connectivity index (χ0n) is 22.8. The van der Waals surface area contributed by atoms with Crippen LogP contribution in [0.15, 0.2) is 83.5 Å². The van der Waals surface area contributed by atoms with Crippen LogP contribution in [-0.2, 0) is 15.1 Å². The first-order valence-electron chi connectivity index (χ1n) is 13.1. The number of aliphatic hydroxyl groups is 1. The molecule has 0 spiro atoms. The SMILES string of the molecule is COC1OC(C)(C)c2cc(Nc3ncc(-c4nnc(-c5ccccn5)o4)c(N[C@H](CO)c4ccccc4)n3)ccc21. The van der Waals surface area contributed by atoms with Crippen LogP contribution in [0.5, 0.6) is 0 Å². The van der Waals surface area contributed by atoms with E-state index in [9.17, 15) is 5.11 Å². The number of pyridine rings is 1. The molecule has 0 bridgehead atoms. The molecular weight excluding hydrogens is 522 g/mol. The highest BCUT2D eigenvalue weighted by Crippen LogP contribution is 2.44. The molecule has 0 amide bonds. The number of hydrogen-bond donors (Lipinski definition) is 3. The van der Waals surface area contributed by atoms with Crippen LogP contribution in [0, 0.1) is 0 Å². The molecule has 2 aromatic carbocycles. The van der Waals surface area contributed by atoms with Crippen molar-refractivity contribution in [2.75, 3.05) is 24.4 Å². The van der Waals surface area contributed by atoms with Crippen LogP contribution < -0.4 is 10.6 Å². The van der Waals surface area contributed by atoms with Crippen molar-refractivity contribution >= 4 is 17.5 Å². The minimum Gasteiger partial charge on any atom is -0.414 e. The maximum Gasteiger partial charge on any atom is 0.266 e. The first kappa shape index (κ1) is 26.5. The summed E-state index contributed by atoms with van der Waals surface area (Å²) in [5, 5.41) is 25.2. The Labute approximate surface area is 236 Å². The summed E-state index contributed by atoms with van der Waals surface area (Å²) in [6.45, 7) is 3.84. The smallest absolute Gasteiger partial charge is 0.266 e. The van der Waals surface area contributed by atoms with Crippen LogP contribution in [0.4, 0.5) is 17.5 Å². The van der Waals surface area contributed by atoms with E-state index in [0.717, 1.165) is 22.4 Å². The van der Waals surface area contributed by atoms with E-state index in [0.29, 0.717) is 23.0 Å². The van der Waals surface area contributed by atoms with Gasteiger partial charge in [-0.25, -0.2) is 4.98 Å². The third-order valence-electron chi connectivity index (χ3n) is 6.85. The third kappa shape index (κ3) is 5.38. The minimum absolute atomic E-state index is 0.167. The lowest BCUT2D eigenvalue weighted by Gasteiger charge is -2.20. The van der Waals surface area contributed by atoms with E-state index in [2.05, 4.69) is 30.8 Å². The Morgan fingerprint density at radius 1 is 1.00 bits per heavy atom. The monoisotopic (exact) mass is 551 g/mol. The molecule has 1 unspecified atom stereocenters. The standard InChI is InChI=1S/C30H29N7O4/c1-30(2)22-15-19(12-13-20(22)28(39-3)41-30)33-29-32-16-21(26-36-37-27(40-26)23-11-7-8-14-31-23)25(35-29)34-24(17-38)18-9-5-4-6-10-18/h4-16,24,28,38H,17H2,1-3H3,(H2,32,33,34,35)/t24-,28?/m1/s1. The normalized spacial score (nSPS) is 16.2. The van der Waals surface area contributed by atoms with Crippen molar-refractivity contribution in [2.45, 2.75) is 31.8 Å². The molecule has 1 aliphatic rings. The van der Waals surface area contributed by atoms with Crippen LogP contribution in [0.3, 0.4) is 0 Å². The van der Waals surface area contributed by atoms with E-state index < -0.39 is 17.9 Å². The third-order valence-corrected chi connectivity index (χ3v) is 6.85. The number of fused-ring (bicyclic) bond motifs is 1. The average molecular weight is 552 g/mol. The van der Waals surface area contributed by atoms with Gasteiger partial charge >= 0.3 is 0 Å². The number of nitrogens with one attached hydrogen (secondary N) is 2. The second-order valence-corrected chi connectivity index (χ2v) is 10.00. The fourth-order valence-corrected chi connectivity index (χ4v) is 4.78. The van der Waals surface area contributed by atoms with Gasteiger partial charge in [-0.1, -0.05) is 42.5 Å². The molecule has 3 N–H and O–H groups in total. The molecule has 6 rings (SSSR count). The molecule has 11 heteroatoms. The highest BCUT2D eigenvalue weighted by Gasteiger charge is 2.38. The molecule has 5 aromatic rings. The Balaban J connectivity index is 1.35. The molecule has 2 atom stereocenters. The van der Waals surface area contributed by atoms with Crippen LogP contribution in [0.2, 0.25) is 0 Å². The molecule has 0 saturated heterocycles. The number of benzene rings is 2. The van der Waals surface area contributed by atoms with E-state index in [-0.39, 0.29) is 18.4 Å². The second-order valence-electron chi connectivity index (χ2n) is 10.00. The number of rotatable bonds is 9. The number of hydrogen-bond acceptors (Lipinski definition) is 11. The van der Waals surface area contributed by atoms with Crippen molar-refractivity contribution in [1.82, 2.24) is 25.1 Å². The highest BCUT2D eigenvalue weighted by atomic mass is 16.7. The van der Waals surface area contributed by atoms with Gasteiger partial charge in [0, 0.05) is 30.8 Å². The van der Waals surface area contributed by atoms with E-state index in [1.807, 2.05) is 74.5 Å².